The Balaban J connectivity index is 0.940. The van der Waals surface area contributed by atoms with Gasteiger partial charge in [0.15, 0.2) is 0 Å². The average Bonchev–Trinajstić information content (AvgIpc) is 3.76. The lowest BCUT2D eigenvalue weighted by Crippen LogP contribution is -2.55. The van der Waals surface area contributed by atoms with E-state index in [1.807, 2.05) is 69.7 Å². The second kappa shape index (κ2) is 14.1. The number of likely N-dealkylation sites (tertiary alicyclic amines) is 2. The summed E-state index contributed by atoms with van der Waals surface area (Å²) in [5.41, 5.74) is 4.66. The molecule has 4 amide bonds. The maximum atomic E-state index is 14.0. The number of aromatic nitrogens is 4. The van der Waals surface area contributed by atoms with E-state index in [-0.39, 0.29) is 36.0 Å². The van der Waals surface area contributed by atoms with E-state index < -0.39 is 35.1 Å². The van der Waals surface area contributed by atoms with Crippen LogP contribution < -0.4 is 10.6 Å². The van der Waals surface area contributed by atoms with Crippen LogP contribution in [-0.2, 0) is 14.3 Å². The van der Waals surface area contributed by atoms with Gasteiger partial charge in [0.25, 0.3) is 0 Å². The monoisotopic (exact) mass is 776 g/mol. The van der Waals surface area contributed by atoms with Gasteiger partial charge in [0.2, 0.25) is 11.8 Å². The number of ether oxygens (including phenoxy) is 1. The number of amides is 4. The molecule has 4 aromatic rings. The average molecular weight is 777 g/mol. The molecular weight excluding hydrogens is 725 g/mol. The highest BCUT2D eigenvalue weighted by Crippen LogP contribution is 2.55. The molecule has 5 N–H and O–H groups in total. The van der Waals surface area contributed by atoms with Crippen LogP contribution in [0, 0.1) is 22.7 Å². The van der Waals surface area contributed by atoms with Crippen LogP contribution in [0.4, 0.5) is 9.59 Å². The number of benzene rings is 2. The summed E-state index contributed by atoms with van der Waals surface area (Å²) in [4.78, 5) is 71.7. The van der Waals surface area contributed by atoms with Crippen LogP contribution in [0.3, 0.4) is 0 Å². The molecule has 0 bridgehead atoms. The first-order chi connectivity index (χ1) is 27.0. The molecule has 2 aliphatic carbocycles. The number of nitrogens with zero attached hydrogens (tertiary/aromatic N) is 4. The minimum absolute atomic E-state index is 0.112. The number of hydrogen-bond donors (Lipinski definition) is 5. The molecule has 4 aliphatic rings. The van der Waals surface area contributed by atoms with E-state index in [1.54, 1.807) is 6.20 Å². The van der Waals surface area contributed by atoms with Crippen molar-refractivity contribution in [3.63, 3.8) is 0 Å². The summed E-state index contributed by atoms with van der Waals surface area (Å²) < 4.78 is 4.83. The van der Waals surface area contributed by atoms with E-state index in [2.05, 4.69) is 57.0 Å². The van der Waals surface area contributed by atoms with Crippen molar-refractivity contribution in [2.45, 2.75) is 103 Å². The van der Waals surface area contributed by atoms with Crippen molar-refractivity contribution in [3.05, 3.63) is 72.6 Å². The number of carbonyl (C=O) groups is 4. The third-order valence-corrected chi connectivity index (χ3v) is 12.2. The largest absolute Gasteiger partial charge is 0.465 e. The zero-order valence-corrected chi connectivity index (χ0v) is 33.5. The number of imidazole rings is 2. The number of methoxy groups -OCH3 is 1. The van der Waals surface area contributed by atoms with E-state index in [9.17, 15) is 24.3 Å². The summed E-state index contributed by atoms with van der Waals surface area (Å²) in [6, 6.07) is 14.7. The van der Waals surface area contributed by atoms with Crippen LogP contribution in [0.25, 0.3) is 33.6 Å². The van der Waals surface area contributed by atoms with Crippen molar-refractivity contribution in [2.75, 3.05) is 7.11 Å². The molecule has 4 fully saturated rings. The highest BCUT2D eigenvalue weighted by molar-refractivity contribution is 5.88. The van der Waals surface area contributed by atoms with Crippen molar-refractivity contribution in [3.8, 4) is 33.6 Å². The lowest BCUT2D eigenvalue weighted by molar-refractivity contribution is -0.139. The fraction of sp³-hybridized carbons (Fsp3) is 0.488. The van der Waals surface area contributed by atoms with Crippen LogP contribution in [0.5, 0.6) is 0 Å². The fourth-order valence-electron chi connectivity index (χ4n) is 8.92. The minimum Gasteiger partial charge on any atom is -0.465 e. The van der Waals surface area contributed by atoms with Crippen molar-refractivity contribution in [1.29, 1.82) is 0 Å². The number of fused-ring (bicyclic) bond motifs is 2. The molecule has 57 heavy (non-hydrogen) atoms. The molecule has 300 valence electrons. The SMILES string of the molecule is COC(=O)N[C@H](C(=O)N1[C@H](c2ncc(-c3ccc(-c4ccc(-c5cnc([C@@H]6C[C@@H]7C[C@@H]7N6C(=O)[C@@H](NC(=O)O)C(C)(C)C)[nH]5)cc4)cc3)[nH]2)C[C@H]2C[C@@H]21)C(C)(C)C. The molecule has 0 radical (unpaired) electrons. The Morgan fingerprint density at radius 1 is 0.667 bits per heavy atom. The lowest BCUT2D eigenvalue weighted by atomic mass is 9.85. The topological polar surface area (TPSA) is 186 Å². The number of nitrogens with one attached hydrogen (secondary N) is 4. The summed E-state index contributed by atoms with van der Waals surface area (Å²) >= 11 is 0. The molecule has 14 heteroatoms. The van der Waals surface area contributed by atoms with Crippen molar-refractivity contribution in [1.82, 2.24) is 40.4 Å². The predicted octanol–water partition coefficient (Wildman–Crippen LogP) is 6.91. The van der Waals surface area contributed by atoms with Gasteiger partial charge in [-0.05, 0) is 70.6 Å². The highest BCUT2D eigenvalue weighted by Gasteiger charge is 2.58. The maximum Gasteiger partial charge on any atom is 0.407 e. The second-order valence-electron chi connectivity index (χ2n) is 18.3. The van der Waals surface area contributed by atoms with Gasteiger partial charge in [-0.3, -0.25) is 9.59 Å². The third-order valence-electron chi connectivity index (χ3n) is 12.2. The number of carboxylic acid groups (broad SMARTS) is 1. The molecule has 8 atom stereocenters. The fourth-order valence-corrected chi connectivity index (χ4v) is 8.92. The van der Waals surface area contributed by atoms with Gasteiger partial charge in [0.05, 0.1) is 43.0 Å². The summed E-state index contributed by atoms with van der Waals surface area (Å²) in [5, 5.41) is 14.7. The first kappa shape index (κ1) is 38.2. The molecule has 0 unspecified atom stereocenters. The number of rotatable bonds is 9. The van der Waals surface area contributed by atoms with Gasteiger partial charge in [-0.2, -0.15) is 0 Å². The standard InChI is InChI=1S/C43H52N8O6/c1-42(2,3)34(48-40(54)55)38(52)50-30-16-26(30)18-32(50)36-44-20-28(46-36)24-12-8-22(9-13-24)23-10-14-25(15-11-23)29-21-45-37(47-29)33-19-27-17-31(27)51(33)39(53)35(43(4,5)6)49-41(56)57-7/h8-15,20-21,26-27,30-35,48H,16-19H2,1-7H3,(H,44,46)(H,45,47)(H,49,56)(H,54,55)/t26-,27+,30-,31-,32-,33-,34+,35+/m0/s1. The van der Waals surface area contributed by atoms with Crippen molar-refractivity contribution < 1.29 is 29.0 Å². The third kappa shape index (κ3) is 7.37. The second-order valence-corrected chi connectivity index (χ2v) is 18.3. The van der Waals surface area contributed by atoms with Crippen LogP contribution in [0.1, 0.15) is 91.0 Å². The van der Waals surface area contributed by atoms with Crippen LogP contribution in [0.15, 0.2) is 60.9 Å². The number of alkyl carbamates (subject to hydrolysis) is 1. The van der Waals surface area contributed by atoms with Gasteiger partial charge in [0.1, 0.15) is 23.7 Å². The zero-order valence-electron chi connectivity index (χ0n) is 33.5. The van der Waals surface area contributed by atoms with Gasteiger partial charge in [0, 0.05) is 12.1 Å². The van der Waals surface area contributed by atoms with Crippen LogP contribution in [-0.4, -0.2) is 90.1 Å². The van der Waals surface area contributed by atoms with E-state index in [0.717, 1.165) is 65.1 Å². The Morgan fingerprint density at radius 2 is 1.05 bits per heavy atom. The molecule has 2 aromatic heterocycles. The smallest absolute Gasteiger partial charge is 0.407 e. The Morgan fingerprint density at radius 3 is 1.42 bits per heavy atom. The number of carbonyl (C=O) groups excluding carboxylic acids is 3. The van der Waals surface area contributed by atoms with Gasteiger partial charge in [-0.15, -0.1) is 0 Å². The van der Waals surface area contributed by atoms with Crippen molar-refractivity contribution >= 4 is 24.0 Å². The summed E-state index contributed by atoms with van der Waals surface area (Å²) in [5.74, 6) is 1.97. The molecular formula is C43H52N8O6. The molecule has 0 spiro atoms. The van der Waals surface area contributed by atoms with Gasteiger partial charge in [-0.1, -0.05) is 90.1 Å². The molecule has 4 heterocycles. The minimum atomic E-state index is -1.21. The molecule has 2 saturated carbocycles. The van der Waals surface area contributed by atoms with Gasteiger partial charge >= 0.3 is 12.2 Å². The Labute approximate surface area is 332 Å². The number of hydrogen-bond acceptors (Lipinski definition) is 7. The number of H-pyrrole nitrogens is 2. The van der Waals surface area contributed by atoms with E-state index in [0.29, 0.717) is 17.7 Å². The van der Waals surface area contributed by atoms with E-state index in [1.165, 1.54) is 7.11 Å². The van der Waals surface area contributed by atoms with E-state index >= 15 is 0 Å². The Kier molecular flexibility index (Phi) is 9.43. The first-order valence-corrected chi connectivity index (χ1v) is 19.8. The first-order valence-electron chi connectivity index (χ1n) is 19.8. The quantitative estimate of drug-likeness (QED) is 0.121. The Bertz CT molecular complexity index is 2180. The molecule has 8 rings (SSSR count). The van der Waals surface area contributed by atoms with Gasteiger partial charge in [-0.25, -0.2) is 19.6 Å². The summed E-state index contributed by atoms with van der Waals surface area (Å²) in [6.07, 6.45) is 5.31. The maximum absolute atomic E-state index is 14.0. The highest BCUT2D eigenvalue weighted by atomic mass is 16.5. The number of piperidine rings is 2. The molecule has 14 nitrogen and oxygen atoms in total. The molecule has 2 aromatic carbocycles. The molecule has 2 saturated heterocycles. The lowest BCUT2D eigenvalue weighted by Gasteiger charge is -2.36. The Hall–Kier alpha value is -5.66. The predicted molar refractivity (Wildman–Crippen MR) is 212 cm³/mol. The van der Waals surface area contributed by atoms with Crippen LogP contribution in [0.2, 0.25) is 0 Å². The van der Waals surface area contributed by atoms with Gasteiger partial charge < -0.3 is 40.2 Å². The number of aromatic amines is 2. The summed E-state index contributed by atoms with van der Waals surface area (Å²) in [7, 11) is 1.30. The zero-order chi connectivity index (χ0) is 40.6. The normalized spacial score (nSPS) is 24.6. The summed E-state index contributed by atoms with van der Waals surface area (Å²) in [6.45, 7) is 11.4. The van der Waals surface area contributed by atoms with Crippen LogP contribution >= 0.6 is 0 Å². The van der Waals surface area contributed by atoms with Crippen molar-refractivity contribution in [2.24, 2.45) is 22.7 Å². The van der Waals surface area contributed by atoms with E-state index in [4.69, 9.17) is 14.7 Å². The molecule has 2 aliphatic heterocycles.